The van der Waals surface area contributed by atoms with E-state index in [-0.39, 0.29) is 0 Å². The van der Waals surface area contributed by atoms with Crippen molar-refractivity contribution in [2.45, 2.75) is 0 Å². The number of rotatable bonds is 0. The van der Waals surface area contributed by atoms with Crippen molar-refractivity contribution < 1.29 is 0 Å². The van der Waals surface area contributed by atoms with Gasteiger partial charge in [-0.1, -0.05) is 0 Å². The van der Waals surface area contributed by atoms with E-state index in [1.54, 1.807) is 0 Å². The second-order valence-corrected chi connectivity index (χ2v) is 21.6. The molecule has 0 spiro atoms. The normalized spacial score (nSPS) is 28.8. The first-order valence-corrected chi connectivity index (χ1v) is 14.4. The van der Waals surface area contributed by atoms with E-state index in [1.807, 2.05) is 0 Å². The Labute approximate surface area is 47.3 Å². The minimum absolute atomic E-state index is 0.538. The average molecular weight is 251 g/mol. The second kappa shape index (κ2) is 2.57. The summed E-state index contributed by atoms with van der Waals surface area (Å²) < 4.78 is 0. The Bertz CT molecular complexity index is 63.0. The van der Waals surface area contributed by atoms with E-state index in [9.17, 15) is 0 Å². The molecule has 0 nitrogen and oxygen atoms in total. The molecule has 0 aromatic carbocycles. The molecular formula is C2H2As3. The molecule has 5 heavy (non-hydrogen) atoms. The molecule has 3 heteroatoms. The van der Waals surface area contributed by atoms with Gasteiger partial charge in [-0.3, -0.25) is 0 Å². The van der Waals surface area contributed by atoms with Crippen molar-refractivity contribution in [1.29, 1.82) is 0 Å². The van der Waals surface area contributed by atoms with Crippen molar-refractivity contribution in [3.8, 4) is 0 Å². The van der Waals surface area contributed by atoms with Gasteiger partial charge in [0.05, 0.1) is 0 Å². The molecule has 0 saturated carbocycles. The first kappa shape index (κ1) is 4.57. The molecule has 1 aliphatic rings. The minimum atomic E-state index is 0.538. The van der Waals surface area contributed by atoms with E-state index in [1.165, 1.54) is 0 Å². The Morgan fingerprint density at radius 3 is 3.00 bits per heavy atom. The van der Waals surface area contributed by atoms with Crippen molar-refractivity contribution >= 4 is 37.9 Å². The molecule has 1 heterocycles. The van der Waals surface area contributed by atoms with Crippen LogP contribution in [0.2, 0.25) is 0 Å². The molecule has 0 N–H and O–H groups in total. The van der Waals surface area contributed by atoms with Gasteiger partial charge in [0.25, 0.3) is 0 Å². The predicted molar refractivity (Wildman–Crippen MR) is 26.5 cm³/mol. The summed E-state index contributed by atoms with van der Waals surface area (Å²) in [4.78, 5) is 5.61. The molecule has 1 aliphatic heterocycles. The van der Waals surface area contributed by atoms with E-state index < -0.39 is 0 Å². The monoisotopic (exact) mass is 251 g/mol. The summed E-state index contributed by atoms with van der Waals surface area (Å²) >= 11 is 2.14. The molecule has 0 saturated heterocycles. The number of hydrogen-bond donors (Lipinski definition) is 0. The zero-order valence-corrected chi connectivity index (χ0v) is 8.32. The van der Waals surface area contributed by atoms with E-state index in [2.05, 4.69) is 9.73 Å². The maximum atomic E-state index is 3.29. The summed E-state index contributed by atoms with van der Waals surface area (Å²) in [7, 11) is 0. The third-order valence-electron chi connectivity index (χ3n) is 0.295. The zero-order chi connectivity index (χ0) is 3.54. The van der Waals surface area contributed by atoms with E-state index >= 15 is 0 Å². The Morgan fingerprint density at radius 1 is 1.80 bits per heavy atom. The zero-order valence-electron chi connectivity index (χ0n) is 2.47. The van der Waals surface area contributed by atoms with Crippen LogP contribution in [0.5, 0.6) is 0 Å². The predicted octanol–water partition coefficient (Wildman–Crippen LogP) is -1.05. The van der Waals surface area contributed by atoms with Crippen LogP contribution in [0.3, 0.4) is 0 Å². The van der Waals surface area contributed by atoms with Gasteiger partial charge < -0.3 is 0 Å². The molecule has 25 valence electrons. The molecule has 0 aromatic heterocycles. The van der Waals surface area contributed by atoms with Crippen molar-refractivity contribution in [3.63, 3.8) is 0 Å². The topological polar surface area (TPSA) is 0 Å². The van der Waals surface area contributed by atoms with Gasteiger partial charge in [0.1, 0.15) is 0 Å². The van der Waals surface area contributed by atoms with Crippen LogP contribution in [-0.2, 0) is 0 Å². The summed E-state index contributed by atoms with van der Waals surface area (Å²) in [6, 6.07) is 0. The van der Waals surface area contributed by atoms with Gasteiger partial charge in [0, 0.05) is 0 Å². The summed E-state index contributed by atoms with van der Waals surface area (Å²) in [5.41, 5.74) is 0. The quantitative estimate of drug-likeness (QED) is 0.482. The van der Waals surface area contributed by atoms with Gasteiger partial charge in [0.15, 0.2) is 0 Å². The van der Waals surface area contributed by atoms with E-state index in [4.69, 9.17) is 0 Å². The molecule has 0 fully saturated rings. The number of hydrogen-bond acceptors (Lipinski definition) is 0. The maximum absolute atomic E-state index is 3.29. The van der Waals surface area contributed by atoms with Gasteiger partial charge >= 0.3 is 47.6 Å². The third kappa shape index (κ3) is 1.53. The Morgan fingerprint density at radius 2 is 2.80 bits per heavy atom. The molecule has 0 amide bonds. The van der Waals surface area contributed by atoms with Gasteiger partial charge in [-0.05, 0) is 0 Å². The molecule has 1 unspecified atom stereocenters. The summed E-state index contributed by atoms with van der Waals surface area (Å²) in [5.74, 6) is 0. The first-order chi connectivity index (χ1) is 2.50. The van der Waals surface area contributed by atoms with Crippen LogP contribution in [0.4, 0.5) is 0 Å². The van der Waals surface area contributed by atoms with Crippen LogP contribution in [-0.4, -0.2) is 37.9 Å². The average Bonchev–Trinajstić information content (AvgIpc) is 1.76. The third-order valence-corrected chi connectivity index (χ3v) is 20.2. The Kier molecular flexibility index (Phi) is 2.35. The SMILES string of the molecule is [C]1=C[AsH][As]=[As]1. The van der Waals surface area contributed by atoms with Crippen molar-refractivity contribution in [1.82, 2.24) is 0 Å². The summed E-state index contributed by atoms with van der Waals surface area (Å²) in [5, 5.41) is 0. The first-order valence-electron chi connectivity index (χ1n) is 1.22. The Hall–Kier alpha value is 1.42. The molecule has 0 bridgehead atoms. The van der Waals surface area contributed by atoms with Gasteiger partial charge in [-0.15, -0.1) is 0 Å². The molecular weight excluding hydrogens is 249 g/mol. The van der Waals surface area contributed by atoms with Crippen LogP contribution in [0, 0.1) is 4.86 Å². The van der Waals surface area contributed by atoms with Gasteiger partial charge in [-0.2, -0.15) is 0 Å². The standard InChI is InChI=1S/C2H2As3/c1-2-4-5-3-1/h1,3H. The fraction of sp³-hybridized carbons (Fsp3) is 0. The van der Waals surface area contributed by atoms with Crippen LogP contribution in [0.15, 0.2) is 4.86 Å². The van der Waals surface area contributed by atoms with Crippen molar-refractivity contribution in [2.75, 3.05) is 0 Å². The van der Waals surface area contributed by atoms with Crippen LogP contribution in [0.25, 0.3) is 0 Å². The summed E-state index contributed by atoms with van der Waals surface area (Å²) in [6.07, 6.45) is 0. The second-order valence-electron chi connectivity index (χ2n) is 0.603. The fourth-order valence-corrected chi connectivity index (χ4v) is 20.3. The van der Waals surface area contributed by atoms with Crippen molar-refractivity contribution in [2.24, 2.45) is 0 Å². The molecule has 1 radical (unpaired) electrons. The summed E-state index contributed by atoms with van der Waals surface area (Å²) in [6.45, 7) is 0. The van der Waals surface area contributed by atoms with Crippen molar-refractivity contribution in [3.05, 3.63) is 9.73 Å². The van der Waals surface area contributed by atoms with E-state index in [0.717, 1.165) is 11.1 Å². The van der Waals surface area contributed by atoms with E-state index in [0.29, 0.717) is 26.8 Å². The Balaban J connectivity index is 2.61. The molecule has 0 aromatic rings. The van der Waals surface area contributed by atoms with Crippen LogP contribution < -0.4 is 0 Å². The molecule has 1 rings (SSSR count). The van der Waals surface area contributed by atoms with Gasteiger partial charge in [-0.25, -0.2) is 0 Å². The van der Waals surface area contributed by atoms with Crippen LogP contribution in [0.1, 0.15) is 0 Å². The van der Waals surface area contributed by atoms with Crippen LogP contribution >= 0.6 is 0 Å². The van der Waals surface area contributed by atoms with Gasteiger partial charge in [0.2, 0.25) is 0 Å². The fourth-order valence-electron chi connectivity index (χ4n) is 0.144. The molecule has 1 atom stereocenters. The molecule has 0 aliphatic carbocycles.